The third-order valence-electron chi connectivity index (χ3n) is 6.86. The molecule has 0 spiro atoms. The molecule has 2 nitrogen and oxygen atoms in total. The van der Waals surface area contributed by atoms with Crippen LogP contribution in [0.4, 0.5) is 8.78 Å². The molecule has 0 amide bonds. The summed E-state index contributed by atoms with van der Waals surface area (Å²) in [6, 6.07) is 32.0. The zero-order chi connectivity index (χ0) is 23.6. The number of benzene rings is 4. The lowest BCUT2D eigenvalue weighted by Crippen LogP contribution is -2.62. The van der Waals surface area contributed by atoms with Gasteiger partial charge in [0.2, 0.25) is 0 Å². The fourth-order valence-electron chi connectivity index (χ4n) is 5.45. The van der Waals surface area contributed by atoms with Crippen LogP contribution in [0.25, 0.3) is 0 Å². The summed E-state index contributed by atoms with van der Waals surface area (Å²) >= 11 is 6.71. The van der Waals surface area contributed by atoms with Gasteiger partial charge in [-0.05, 0) is 34.4 Å². The van der Waals surface area contributed by atoms with Crippen LogP contribution < -0.4 is 0 Å². The zero-order valence-corrected chi connectivity index (χ0v) is 19.4. The maximum absolute atomic E-state index is 17.9. The average molecular weight is 493 g/mol. The van der Waals surface area contributed by atoms with Gasteiger partial charge in [-0.3, -0.25) is 4.21 Å². The van der Waals surface area contributed by atoms with Gasteiger partial charge in [-0.15, -0.1) is 0 Å². The van der Waals surface area contributed by atoms with Crippen molar-refractivity contribution >= 4 is 22.4 Å². The van der Waals surface area contributed by atoms with Gasteiger partial charge < -0.3 is 4.74 Å². The van der Waals surface area contributed by atoms with Gasteiger partial charge in [-0.2, -0.15) is 0 Å². The second-order valence-electron chi connectivity index (χ2n) is 8.49. The van der Waals surface area contributed by atoms with Crippen molar-refractivity contribution < 1.29 is 17.7 Å². The Balaban J connectivity index is 1.77. The van der Waals surface area contributed by atoms with Gasteiger partial charge in [0.05, 0.1) is 10.8 Å². The van der Waals surface area contributed by atoms with Crippen molar-refractivity contribution in [2.45, 2.75) is 26.2 Å². The van der Waals surface area contributed by atoms with E-state index in [1.807, 2.05) is 0 Å². The van der Waals surface area contributed by atoms with Crippen LogP contribution in [0.5, 0.6) is 0 Å². The minimum atomic E-state index is -3.22. The van der Waals surface area contributed by atoms with Crippen LogP contribution >= 0.6 is 11.6 Å². The monoisotopic (exact) mass is 492 g/mol. The molecule has 3 unspecified atom stereocenters. The van der Waals surface area contributed by atoms with Crippen LogP contribution in [0.1, 0.15) is 22.3 Å². The minimum absolute atomic E-state index is 0.125. The number of ether oxygens (including phenoxy) is 1. The van der Waals surface area contributed by atoms with Gasteiger partial charge in [-0.25, -0.2) is 8.78 Å². The summed E-state index contributed by atoms with van der Waals surface area (Å²) < 4.78 is 55.9. The molecule has 0 aromatic heterocycles. The summed E-state index contributed by atoms with van der Waals surface area (Å²) in [5.74, 6) is 0. The van der Waals surface area contributed by atoms with Crippen molar-refractivity contribution in [3.63, 3.8) is 0 Å². The number of alkyl halides is 3. The largest absolute Gasteiger partial charge is 0.340 e. The van der Waals surface area contributed by atoms with E-state index in [9.17, 15) is 4.21 Å². The van der Waals surface area contributed by atoms with Gasteiger partial charge in [0, 0.05) is 4.90 Å². The van der Waals surface area contributed by atoms with Crippen LogP contribution in [-0.4, -0.2) is 14.3 Å². The first kappa shape index (κ1) is 21.7. The molecule has 1 fully saturated rings. The lowest BCUT2D eigenvalue weighted by atomic mass is 9.69. The molecule has 4 aromatic carbocycles. The minimum Gasteiger partial charge on any atom is -0.340 e. The van der Waals surface area contributed by atoms with E-state index in [-0.39, 0.29) is 4.90 Å². The van der Waals surface area contributed by atoms with E-state index in [0.29, 0.717) is 22.3 Å². The number of halogens is 3. The zero-order valence-electron chi connectivity index (χ0n) is 17.8. The van der Waals surface area contributed by atoms with E-state index in [2.05, 4.69) is 0 Å². The SMILES string of the molecule is O=S(c1ccccc1)C1(F)C(F)(Cl)[C@@]2(c3ccccc3)O[C@]1(c1ccccc1)c1ccccc12. The highest BCUT2D eigenvalue weighted by molar-refractivity contribution is 7.86. The van der Waals surface area contributed by atoms with Gasteiger partial charge >= 0.3 is 0 Å². The van der Waals surface area contributed by atoms with E-state index in [1.54, 1.807) is 103 Å². The Labute approximate surface area is 203 Å². The van der Waals surface area contributed by atoms with E-state index >= 15 is 8.78 Å². The predicted octanol–water partition coefficient (Wildman–Crippen LogP) is 6.60. The van der Waals surface area contributed by atoms with Crippen LogP contribution in [0.3, 0.4) is 0 Å². The summed E-state index contributed by atoms with van der Waals surface area (Å²) in [5, 5.41) is -6.39. The molecule has 1 saturated heterocycles. The smallest absolute Gasteiger partial charge is 0.277 e. The lowest BCUT2D eigenvalue weighted by molar-refractivity contribution is -0.0687. The van der Waals surface area contributed by atoms with Gasteiger partial charge in [-0.1, -0.05) is 115 Å². The van der Waals surface area contributed by atoms with Gasteiger partial charge in [0.25, 0.3) is 10.1 Å². The van der Waals surface area contributed by atoms with Crippen LogP contribution in [0, 0.1) is 0 Å². The first-order chi connectivity index (χ1) is 16.4. The van der Waals surface area contributed by atoms with Gasteiger partial charge in [0.15, 0.2) is 11.2 Å². The predicted molar refractivity (Wildman–Crippen MR) is 128 cm³/mol. The summed E-state index contributed by atoms with van der Waals surface area (Å²) in [6.45, 7) is 0. The molecule has 4 aromatic rings. The van der Waals surface area contributed by atoms with E-state index < -0.39 is 32.1 Å². The highest BCUT2D eigenvalue weighted by atomic mass is 35.5. The van der Waals surface area contributed by atoms with E-state index in [4.69, 9.17) is 16.3 Å². The van der Waals surface area contributed by atoms with Crippen molar-refractivity contribution in [2.24, 2.45) is 0 Å². The number of rotatable bonds is 4. The van der Waals surface area contributed by atoms with Crippen LogP contribution in [0.2, 0.25) is 0 Å². The van der Waals surface area contributed by atoms with Crippen molar-refractivity contribution in [2.75, 3.05) is 0 Å². The Morgan fingerprint density at radius 3 is 1.56 bits per heavy atom. The van der Waals surface area contributed by atoms with Crippen molar-refractivity contribution in [3.05, 3.63) is 138 Å². The molecule has 34 heavy (non-hydrogen) atoms. The Hall–Kier alpha value is -2.86. The fraction of sp³-hybridized carbons (Fsp3) is 0.143. The topological polar surface area (TPSA) is 26.3 Å². The first-order valence-electron chi connectivity index (χ1n) is 10.9. The van der Waals surface area contributed by atoms with E-state index in [1.165, 1.54) is 12.1 Å². The molecule has 6 heteroatoms. The lowest BCUT2D eigenvalue weighted by Gasteiger charge is -2.45. The summed E-state index contributed by atoms with van der Waals surface area (Å²) in [4.78, 5) is 0.125. The summed E-state index contributed by atoms with van der Waals surface area (Å²) in [6.07, 6.45) is 0. The maximum atomic E-state index is 17.9. The summed E-state index contributed by atoms with van der Waals surface area (Å²) in [5.41, 5.74) is -2.57. The van der Waals surface area contributed by atoms with Crippen molar-refractivity contribution in [1.82, 2.24) is 0 Å². The molecule has 5 atom stereocenters. The molecule has 2 bridgehead atoms. The second kappa shape index (κ2) is 7.32. The van der Waals surface area contributed by atoms with Crippen LogP contribution in [-0.2, 0) is 26.7 Å². The molecule has 0 radical (unpaired) electrons. The molecule has 0 N–H and O–H groups in total. The molecule has 6 rings (SSSR count). The standard InChI is InChI=1S/C28H19ClF2O2S/c29-27(30)25(20-12-4-1-5-13-20)23-18-10-11-19-24(23)26(33-25,21-14-6-2-7-15-21)28(27,31)34(32)22-16-8-3-9-17-22/h1-19H/t25-,26+,27?,28?,34?/m0/s1. The molecule has 2 aliphatic heterocycles. The molecule has 2 aliphatic rings. The van der Waals surface area contributed by atoms with E-state index in [0.717, 1.165) is 0 Å². The molecule has 0 aliphatic carbocycles. The number of hydrogen-bond donors (Lipinski definition) is 0. The van der Waals surface area contributed by atoms with Crippen molar-refractivity contribution in [3.8, 4) is 0 Å². The number of hydrogen-bond acceptors (Lipinski definition) is 2. The normalized spacial score (nSPS) is 32.3. The van der Waals surface area contributed by atoms with Gasteiger partial charge in [0.1, 0.15) is 0 Å². The highest BCUT2D eigenvalue weighted by Crippen LogP contribution is 2.76. The fourth-order valence-corrected chi connectivity index (χ4v) is 7.68. The quantitative estimate of drug-likeness (QED) is 0.300. The Morgan fingerprint density at radius 2 is 1.03 bits per heavy atom. The molecule has 170 valence electrons. The maximum Gasteiger partial charge on any atom is 0.277 e. The first-order valence-corrected chi connectivity index (χ1v) is 12.4. The Morgan fingerprint density at radius 1 is 0.618 bits per heavy atom. The third kappa shape index (κ3) is 2.35. The molecular formula is C28H19ClF2O2S. The Bertz CT molecular complexity index is 1400. The Kier molecular flexibility index (Phi) is 4.66. The third-order valence-corrected chi connectivity index (χ3v) is 9.28. The van der Waals surface area contributed by atoms with Crippen molar-refractivity contribution in [1.29, 1.82) is 0 Å². The molecule has 0 saturated carbocycles. The number of fused-ring (bicyclic) bond motifs is 5. The van der Waals surface area contributed by atoms with Crippen LogP contribution in [0.15, 0.2) is 120 Å². The second-order valence-corrected chi connectivity index (χ2v) is 10.6. The summed E-state index contributed by atoms with van der Waals surface area (Å²) in [7, 11) is -2.54. The average Bonchev–Trinajstić information content (AvgIpc) is 3.31. The highest BCUT2D eigenvalue weighted by Gasteiger charge is 2.90. The molecular weight excluding hydrogens is 474 g/mol. The molecule has 2 heterocycles.